The molecule has 10 heteroatoms. The Labute approximate surface area is 323 Å². The van der Waals surface area contributed by atoms with Crippen LogP contribution in [0.1, 0.15) is 0 Å². The third kappa shape index (κ3) is 5.27. The number of furan rings is 1. The van der Waals surface area contributed by atoms with E-state index in [0.717, 1.165) is 71.6 Å². The predicted molar refractivity (Wildman–Crippen MR) is 230 cm³/mol. The fraction of sp³-hybridized carbons (Fsp3) is 0. The van der Waals surface area contributed by atoms with Crippen molar-refractivity contribution in [2.75, 3.05) is 0 Å². The summed E-state index contributed by atoms with van der Waals surface area (Å²) >= 11 is 0. The van der Waals surface area contributed by atoms with Crippen LogP contribution < -0.4 is 27.3 Å². The number of rotatable bonds is 5. The summed E-state index contributed by atoms with van der Waals surface area (Å²) in [7, 11) is 32.1. The van der Waals surface area contributed by atoms with E-state index in [1.54, 1.807) is 0 Å². The highest BCUT2D eigenvalue weighted by molar-refractivity contribution is 6.69. The van der Waals surface area contributed by atoms with Gasteiger partial charge in [-0.1, -0.05) is 108 Å². The van der Waals surface area contributed by atoms with Crippen LogP contribution in [0.2, 0.25) is 0 Å². The third-order valence-electron chi connectivity index (χ3n) is 10.4. The summed E-state index contributed by atoms with van der Waals surface area (Å²) < 4.78 is 8.41. The van der Waals surface area contributed by atoms with Gasteiger partial charge < -0.3 is 4.42 Å². The maximum Gasteiger partial charge on any atom is 0.238 e. The monoisotopic (exact) mass is 690 g/mol. The maximum atomic E-state index is 6.62. The second-order valence-electron chi connectivity index (χ2n) is 13.5. The Hall–Kier alpha value is -6.53. The lowest BCUT2D eigenvalue weighted by molar-refractivity contribution is 0.669. The lowest BCUT2D eigenvalue weighted by atomic mass is 9.59. The van der Waals surface area contributed by atoms with E-state index in [-0.39, 0.29) is 27.3 Å². The fourth-order valence-electron chi connectivity index (χ4n) is 7.62. The zero-order valence-corrected chi connectivity index (χ0v) is 29.4. The predicted octanol–water partition coefficient (Wildman–Crippen LogP) is 5.51. The van der Waals surface area contributed by atoms with Crippen molar-refractivity contribution in [1.82, 2.24) is 19.5 Å². The van der Waals surface area contributed by atoms with E-state index in [1.807, 2.05) is 102 Å². The van der Waals surface area contributed by atoms with E-state index in [2.05, 4.69) is 42.5 Å². The summed E-state index contributed by atoms with van der Waals surface area (Å²) in [6.45, 7) is 0. The molecule has 5 nitrogen and oxygen atoms in total. The Morgan fingerprint density at radius 2 is 1.04 bits per heavy atom. The highest BCUT2D eigenvalue weighted by atomic mass is 16.3. The van der Waals surface area contributed by atoms with Gasteiger partial charge in [0.1, 0.15) is 50.4 Å². The van der Waals surface area contributed by atoms with Gasteiger partial charge in [-0.3, -0.25) is 4.57 Å². The van der Waals surface area contributed by atoms with Crippen LogP contribution in [0.3, 0.4) is 0 Å². The van der Waals surface area contributed by atoms with E-state index in [9.17, 15) is 0 Å². The molecule has 0 aliphatic rings. The molecule has 244 valence electrons. The van der Waals surface area contributed by atoms with Crippen molar-refractivity contribution in [3.8, 4) is 51.0 Å². The van der Waals surface area contributed by atoms with Crippen molar-refractivity contribution >= 4 is 110 Å². The molecular weight excluding hydrogens is 667 g/mol. The fourth-order valence-corrected chi connectivity index (χ4v) is 7.62. The van der Waals surface area contributed by atoms with Gasteiger partial charge in [0.05, 0.1) is 11.0 Å². The second kappa shape index (κ2) is 12.8. The minimum atomic E-state index is 0.165. The molecule has 0 spiro atoms. The first-order valence-corrected chi connectivity index (χ1v) is 17.7. The highest BCUT2D eigenvalue weighted by Crippen LogP contribution is 2.38. The molecule has 0 bridgehead atoms. The molecule has 0 saturated heterocycles. The van der Waals surface area contributed by atoms with E-state index in [4.69, 9.17) is 58.6 Å². The Kier molecular flexibility index (Phi) is 7.70. The number of fused-ring (bicyclic) bond motifs is 6. The molecule has 3 heterocycles. The van der Waals surface area contributed by atoms with Crippen LogP contribution in [0.4, 0.5) is 0 Å². The van der Waals surface area contributed by atoms with Gasteiger partial charge in [0.15, 0.2) is 11.6 Å². The van der Waals surface area contributed by atoms with Crippen LogP contribution >= 0.6 is 0 Å². The number of hydrogen-bond donors (Lipinski definition) is 0. The Morgan fingerprint density at radius 3 is 1.78 bits per heavy atom. The number of aromatic nitrogens is 4. The molecule has 10 rings (SSSR count). The molecule has 0 saturated carbocycles. The zero-order chi connectivity index (χ0) is 37.4. The van der Waals surface area contributed by atoms with Crippen molar-refractivity contribution in [1.29, 1.82) is 0 Å². The molecule has 0 aliphatic carbocycles. The van der Waals surface area contributed by atoms with Crippen LogP contribution in [-0.4, -0.2) is 58.8 Å². The van der Waals surface area contributed by atoms with Crippen molar-refractivity contribution < 1.29 is 4.42 Å². The quantitative estimate of drug-likeness (QED) is 0.224. The third-order valence-corrected chi connectivity index (χ3v) is 10.4. The summed E-state index contributed by atoms with van der Waals surface area (Å²) in [5.74, 6) is 1.48. The van der Waals surface area contributed by atoms with Crippen molar-refractivity contribution in [2.45, 2.75) is 0 Å². The van der Waals surface area contributed by atoms with E-state index >= 15 is 0 Å². The van der Waals surface area contributed by atoms with E-state index < -0.39 is 0 Å². The Balaban J connectivity index is 1.21. The first-order valence-electron chi connectivity index (χ1n) is 17.7. The van der Waals surface area contributed by atoms with Gasteiger partial charge in [-0.15, -0.1) is 16.4 Å². The first-order chi connectivity index (χ1) is 26.9. The molecular formula is C45H23B5N4O. The largest absolute Gasteiger partial charge is 0.456 e. The summed E-state index contributed by atoms with van der Waals surface area (Å²) in [5, 5.41) is 3.79. The topological polar surface area (TPSA) is 56.7 Å². The smallest absolute Gasteiger partial charge is 0.238 e. The van der Waals surface area contributed by atoms with Crippen LogP contribution in [-0.2, 0) is 0 Å². The molecule has 55 heavy (non-hydrogen) atoms. The summed E-state index contributed by atoms with van der Waals surface area (Å²) in [6, 6.07) is 46.5. The molecule has 0 unspecified atom stereocenters. The van der Waals surface area contributed by atoms with E-state index in [1.165, 1.54) is 0 Å². The minimum absolute atomic E-state index is 0.165. The van der Waals surface area contributed by atoms with E-state index in [0.29, 0.717) is 23.2 Å². The molecule has 10 radical (unpaired) electrons. The standard InChI is InChI=1S/C45H23B5N4O/c46-38-37(39(47)41(49)42(50)40(38)48)30-15-9-17-33-36(30)29-14-7-8-16-32(29)54(33)45-52-43(25-12-5-2-6-13-25)51-44(53-45)27-19-21-34-31(22-27)28-20-18-26(23-35(28)55-34)24-10-3-1-4-11-24/h1-23H. The average Bonchev–Trinajstić information content (AvgIpc) is 3.78. The molecule has 0 amide bonds. The second-order valence-corrected chi connectivity index (χ2v) is 13.5. The Morgan fingerprint density at radius 1 is 0.418 bits per heavy atom. The highest BCUT2D eigenvalue weighted by Gasteiger charge is 2.22. The molecule has 0 atom stereocenters. The lowest BCUT2D eigenvalue weighted by Crippen LogP contribution is -2.55. The molecule has 0 aliphatic heterocycles. The summed E-state index contributed by atoms with van der Waals surface area (Å²) in [5.41, 5.74) is 9.53. The first kappa shape index (κ1) is 33.1. The van der Waals surface area contributed by atoms with Crippen LogP contribution in [0, 0.1) is 0 Å². The van der Waals surface area contributed by atoms with Gasteiger partial charge in [-0.05, 0) is 64.7 Å². The van der Waals surface area contributed by atoms with Gasteiger partial charge in [-0.25, -0.2) is 4.98 Å². The van der Waals surface area contributed by atoms with Gasteiger partial charge in [0, 0.05) is 32.7 Å². The molecule has 0 N–H and O–H groups in total. The van der Waals surface area contributed by atoms with Gasteiger partial charge >= 0.3 is 0 Å². The summed E-state index contributed by atoms with van der Waals surface area (Å²) in [4.78, 5) is 15.3. The SMILES string of the molecule is [B]c1c([B])c([B])c(-c2cccc3c2c2ccccc2n3-c2nc(-c3ccccc3)nc(-c3ccc4oc5cc(-c6ccccc6)ccc5c4c3)n2)c([B])c1[B]. The Bertz CT molecular complexity index is 3130. The van der Waals surface area contributed by atoms with Crippen molar-refractivity contribution in [2.24, 2.45) is 0 Å². The number of para-hydroxylation sites is 1. The van der Waals surface area contributed by atoms with Crippen LogP contribution in [0.15, 0.2) is 144 Å². The van der Waals surface area contributed by atoms with Gasteiger partial charge in [0.25, 0.3) is 0 Å². The molecule has 0 fully saturated rings. The average molecular weight is 690 g/mol. The van der Waals surface area contributed by atoms with Crippen molar-refractivity contribution in [3.05, 3.63) is 140 Å². The van der Waals surface area contributed by atoms with Crippen molar-refractivity contribution in [3.63, 3.8) is 0 Å². The number of nitrogens with zero attached hydrogens (tertiary/aromatic N) is 4. The summed E-state index contributed by atoms with van der Waals surface area (Å²) in [6.07, 6.45) is 0. The molecule has 7 aromatic carbocycles. The number of hydrogen-bond acceptors (Lipinski definition) is 4. The van der Waals surface area contributed by atoms with Gasteiger partial charge in [-0.2, -0.15) is 9.97 Å². The van der Waals surface area contributed by atoms with Crippen LogP contribution in [0.25, 0.3) is 94.7 Å². The molecule has 3 aromatic heterocycles. The minimum Gasteiger partial charge on any atom is -0.456 e. The maximum absolute atomic E-state index is 6.62. The van der Waals surface area contributed by atoms with Gasteiger partial charge in [0.2, 0.25) is 5.95 Å². The lowest BCUT2D eigenvalue weighted by Gasteiger charge is -2.22. The van der Waals surface area contributed by atoms with Crippen LogP contribution in [0.5, 0.6) is 0 Å². The zero-order valence-electron chi connectivity index (χ0n) is 29.4. The number of benzene rings is 7. The normalized spacial score (nSPS) is 11.6. The molecule has 10 aromatic rings.